The molecule has 0 saturated carbocycles. The minimum absolute atomic E-state index is 0.0242. The van der Waals surface area contributed by atoms with Gasteiger partial charge in [0.1, 0.15) is 17.4 Å². The first-order valence-electron chi connectivity index (χ1n) is 5.14. The molecule has 6 heteroatoms. The first kappa shape index (κ1) is 13.9. The molecular weight excluding hydrogens is 244 g/mol. The molecule has 1 aromatic rings. The van der Waals surface area contributed by atoms with E-state index in [1.54, 1.807) is 0 Å². The summed E-state index contributed by atoms with van der Waals surface area (Å²) in [6.45, 7) is 1.56. The van der Waals surface area contributed by atoms with Gasteiger partial charge >= 0.3 is 5.97 Å². The zero-order valence-corrected chi connectivity index (χ0v) is 9.87. The second-order valence-corrected chi connectivity index (χ2v) is 3.32. The van der Waals surface area contributed by atoms with Gasteiger partial charge in [0.2, 0.25) is 0 Å². The Labute approximate surface area is 103 Å². The Morgan fingerprint density at radius 2 is 2.00 bits per heavy atom. The van der Waals surface area contributed by atoms with Crippen LogP contribution in [-0.4, -0.2) is 19.7 Å². The molecule has 0 aromatic heterocycles. The number of rotatable bonds is 4. The van der Waals surface area contributed by atoms with E-state index in [0.29, 0.717) is 0 Å². The Bertz CT molecular complexity index is 474. The van der Waals surface area contributed by atoms with Crippen molar-refractivity contribution in [2.45, 2.75) is 12.8 Å². The molecule has 1 aromatic carbocycles. The van der Waals surface area contributed by atoms with Crippen LogP contribution in [0.15, 0.2) is 12.1 Å². The number of carbonyl (C=O) groups is 1. The van der Waals surface area contributed by atoms with Gasteiger partial charge in [-0.15, -0.1) is 0 Å². The summed E-state index contributed by atoms with van der Waals surface area (Å²) >= 11 is 0. The molecule has 4 nitrogen and oxygen atoms in total. The molecule has 0 amide bonds. The summed E-state index contributed by atoms with van der Waals surface area (Å²) in [5.74, 6) is -4.69. The van der Waals surface area contributed by atoms with Crippen LogP contribution in [0.1, 0.15) is 18.4 Å². The van der Waals surface area contributed by atoms with Crippen LogP contribution in [0.5, 0.6) is 5.75 Å². The van der Waals surface area contributed by atoms with Crippen LogP contribution in [0, 0.1) is 23.0 Å². The van der Waals surface area contributed by atoms with E-state index < -0.39 is 29.1 Å². The predicted molar refractivity (Wildman–Crippen MR) is 57.9 cm³/mol. The van der Waals surface area contributed by atoms with Gasteiger partial charge in [0.25, 0.3) is 0 Å². The number of carbonyl (C=O) groups excluding carboxylic acids is 1. The lowest BCUT2D eigenvalue weighted by molar-refractivity contribution is -0.143. The fraction of sp³-hybridized carbons (Fsp3) is 0.333. The number of ether oxygens (including phenoxy) is 2. The minimum Gasteiger partial charge on any atom is -0.497 e. The fourth-order valence-electron chi connectivity index (χ4n) is 1.42. The minimum atomic E-state index is -1.63. The largest absolute Gasteiger partial charge is 0.497 e. The van der Waals surface area contributed by atoms with Crippen molar-refractivity contribution in [1.29, 1.82) is 5.26 Å². The van der Waals surface area contributed by atoms with Crippen molar-refractivity contribution in [3.8, 4) is 11.8 Å². The smallest absolute Gasteiger partial charge is 0.328 e. The third-order valence-corrected chi connectivity index (χ3v) is 2.23. The maximum Gasteiger partial charge on any atom is 0.328 e. The van der Waals surface area contributed by atoms with Crippen molar-refractivity contribution < 1.29 is 23.0 Å². The molecule has 0 spiro atoms. The number of nitriles is 1. The molecule has 0 aliphatic rings. The molecule has 0 aliphatic heterocycles. The highest BCUT2D eigenvalue weighted by Crippen LogP contribution is 2.27. The van der Waals surface area contributed by atoms with Crippen LogP contribution in [0.4, 0.5) is 8.78 Å². The SMILES string of the molecule is CCOC(=O)C(C#N)c1c(F)cc(OC)cc1F. The van der Waals surface area contributed by atoms with Crippen molar-refractivity contribution in [2.24, 2.45) is 0 Å². The lowest BCUT2D eigenvalue weighted by Gasteiger charge is -2.11. The molecule has 1 rings (SSSR count). The fourth-order valence-corrected chi connectivity index (χ4v) is 1.42. The van der Waals surface area contributed by atoms with Crippen LogP contribution < -0.4 is 4.74 Å². The average Bonchev–Trinajstić information content (AvgIpc) is 2.33. The van der Waals surface area contributed by atoms with Crippen LogP contribution >= 0.6 is 0 Å². The molecule has 0 aliphatic carbocycles. The van der Waals surface area contributed by atoms with Crippen molar-refractivity contribution in [3.63, 3.8) is 0 Å². The first-order chi connectivity index (χ1) is 8.54. The van der Waals surface area contributed by atoms with E-state index in [9.17, 15) is 13.6 Å². The average molecular weight is 255 g/mol. The van der Waals surface area contributed by atoms with Gasteiger partial charge in [0.05, 0.1) is 25.3 Å². The Morgan fingerprint density at radius 3 is 2.39 bits per heavy atom. The van der Waals surface area contributed by atoms with Crippen molar-refractivity contribution in [1.82, 2.24) is 0 Å². The highest BCUT2D eigenvalue weighted by Gasteiger charge is 2.28. The van der Waals surface area contributed by atoms with Gasteiger partial charge < -0.3 is 9.47 Å². The van der Waals surface area contributed by atoms with Crippen LogP contribution in [0.3, 0.4) is 0 Å². The highest BCUT2D eigenvalue weighted by atomic mass is 19.1. The summed E-state index contributed by atoms with van der Waals surface area (Å²) in [6, 6.07) is 3.34. The molecule has 18 heavy (non-hydrogen) atoms. The van der Waals surface area contributed by atoms with E-state index in [-0.39, 0.29) is 12.4 Å². The molecular formula is C12H11F2NO3. The second kappa shape index (κ2) is 5.96. The molecule has 0 fully saturated rings. The molecule has 0 heterocycles. The van der Waals surface area contributed by atoms with E-state index in [1.807, 2.05) is 0 Å². The Morgan fingerprint density at radius 1 is 1.44 bits per heavy atom. The Kier molecular flexibility index (Phi) is 4.60. The number of benzene rings is 1. The lowest BCUT2D eigenvalue weighted by Crippen LogP contribution is -2.17. The number of methoxy groups -OCH3 is 1. The van der Waals surface area contributed by atoms with Crippen LogP contribution in [0.2, 0.25) is 0 Å². The third-order valence-electron chi connectivity index (χ3n) is 2.23. The highest BCUT2D eigenvalue weighted by molar-refractivity contribution is 5.81. The summed E-state index contributed by atoms with van der Waals surface area (Å²) in [4.78, 5) is 11.4. The van der Waals surface area contributed by atoms with Gasteiger partial charge in [-0.2, -0.15) is 5.26 Å². The summed E-state index contributed by atoms with van der Waals surface area (Å²) in [7, 11) is 1.25. The van der Waals surface area contributed by atoms with Crippen molar-refractivity contribution in [2.75, 3.05) is 13.7 Å². The van der Waals surface area contributed by atoms with Crippen molar-refractivity contribution in [3.05, 3.63) is 29.3 Å². The molecule has 0 bridgehead atoms. The van der Waals surface area contributed by atoms with E-state index in [0.717, 1.165) is 12.1 Å². The van der Waals surface area contributed by atoms with E-state index >= 15 is 0 Å². The first-order valence-corrected chi connectivity index (χ1v) is 5.14. The standard InChI is InChI=1S/C12H11F2NO3/c1-3-18-12(16)8(6-15)11-9(13)4-7(17-2)5-10(11)14/h4-5,8H,3H2,1-2H3. The lowest BCUT2D eigenvalue weighted by atomic mass is 9.99. The van der Waals surface area contributed by atoms with Gasteiger partial charge in [-0.1, -0.05) is 0 Å². The zero-order chi connectivity index (χ0) is 13.7. The Hall–Kier alpha value is -2.16. The van der Waals surface area contributed by atoms with E-state index in [2.05, 4.69) is 9.47 Å². The van der Waals surface area contributed by atoms with Gasteiger partial charge in [-0.05, 0) is 6.92 Å². The maximum atomic E-state index is 13.7. The maximum absolute atomic E-state index is 13.7. The topological polar surface area (TPSA) is 59.3 Å². The molecule has 0 N–H and O–H groups in total. The molecule has 1 unspecified atom stereocenters. The molecule has 0 radical (unpaired) electrons. The number of hydrogen-bond acceptors (Lipinski definition) is 4. The zero-order valence-electron chi connectivity index (χ0n) is 9.87. The Balaban J connectivity index is 3.23. The van der Waals surface area contributed by atoms with Gasteiger partial charge in [-0.25, -0.2) is 8.78 Å². The quantitative estimate of drug-likeness (QED) is 0.773. The summed E-state index contributed by atoms with van der Waals surface area (Å²) in [5.41, 5.74) is -0.628. The predicted octanol–water partition coefficient (Wildman–Crippen LogP) is 2.14. The van der Waals surface area contributed by atoms with Gasteiger partial charge in [0, 0.05) is 12.1 Å². The van der Waals surface area contributed by atoms with E-state index in [4.69, 9.17) is 5.26 Å². The summed E-state index contributed by atoms with van der Waals surface area (Å²) in [6.07, 6.45) is 0. The van der Waals surface area contributed by atoms with E-state index in [1.165, 1.54) is 20.1 Å². The monoisotopic (exact) mass is 255 g/mol. The number of halogens is 2. The van der Waals surface area contributed by atoms with Crippen LogP contribution in [0.25, 0.3) is 0 Å². The van der Waals surface area contributed by atoms with Crippen molar-refractivity contribution >= 4 is 5.97 Å². The molecule has 1 atom stereocenters. The second-order valence-electron chi connectivity index (χ2n) is 3.32. The van der Waals surface area contributed by atoms with Crippen LogP contribution in [-0.2, 0) is 9.53 Å². The third kappa shape index (κ3) is 2.74. The summed E-state index contributed by atoms with van der Waals surface area (Å²) < 4.78 is 36.6. The number of esters is 1. The normalized spacial score (nSPS) is 11.5. The molecule has 0 saturated heterocycles. The molecule has 96 valence electrons. The van der Waals surface area contributed by atoms with Gasteiger partial charge in [-0.3, -0.25) is 4.79 Å². The number of hydrogen-bond donors (Lipinski definition) is 0. The van der Waals surface area contributed by atoms with Gasteiger partial charge in [0.15, 0.2) is 5.92 Å². The summed E-state index contributed by atoms with van der Waals surface area (Å²) in [5, 5.41) is 8.84. The number of nitrogens with zero attached hydrogens (tertiary/aromatic N) is 1.